The first-order chi connectivity index (χ1) is 8.34. The molecule has 0 spiro atoms. The highest BCUT2D eigenvalue weighted by Crippen LogP contribution is 2.29. The second-order valence-electron chi connectivity index (χ2n) is 5.03. The van der Waals surface area contributed by atoms with Crippen LogP contribution in [0.25, 0.3) is 0 Å². The number of thiocarbonyl (C=S) groups is 1. The van der Waals surface area contributed by atoms with E-state index in [0.717, 1.165) is 32.4 Å². The first-order valence-electron chi connectivity index (χ1n) is 6.43. The minimum atomic E-state index is -4.33. The number of halogens is 3. The van der Waals surface area contributed by atoms with Crippen LogP contribution >= 0.6 is 12.2 Å². The van der Waals surface area contributed by atoms with Gasteiger partial charge in [-0.25, -0.2) is 0 Å². The molecule has 0 radical (unpaired) electrons. The summed E-state index contributed by atoms with van der Waals surface area (Å²) in [6.45, 7) is 3.50. The van der Waals surface area contributed by atoms with E-state index >= 15 is 0 Å². The molecule has 1 rings (SSSR count). The maximum Gasteiger partial charge on any atom is 0.399 e. The van der Waals surface area contributed by atoms with Gasteiger partial charge in [-0.2, -0.15) is 13.2 Å². The first kappa shape index (κ1) is 15.7. The van der Waals surface area contributed by atoms with Crippen LogP contribution in [0, 0.1) is 11.8 Å². The van der Waals surface area contributed by atoms with Gasteiger partial charge in [-0.05, 0) is 31.8 Å². The number of hydrogen-bond donors (Lipinski definition) is 1. The lowest BCUT2D eigenvalue weighted by molar-refractivity contribution is -0.159. The Balaban J connectivity index is 2.46. The van der Waals surface area contributed by atoms with E-state index in [1.165, 1.54) is 6.42 Å². The largest absolute Gasteiger partial charge is 0.399 e. The molecule has 0 saturated carbocycles. The Morgan fingerprint density at radius 1 is 1.39 bits per heavy atom. The molecule has 106 valence electrons. The normalized spacial score (nSPS) is 20.9. The van der Waals surface area contributed by atoms with Gasteiger partial charge < -0.3 is 10.6 Å². The fourth-order valence-electron chi connectivity index (χ4n) is 2.48. The summed E-state index contributed by atoms with van der Waals surface area (Å²) in [5.41, 5.74) is 5.20. The quantitative estimate of drug-likeness (QED) is 0.786. The van der Waals surface area contributed by atoms with E-state index in [9.17, 15) is 13.2 Å². The molecule has 1 fully saturated rings. The zero-order chi connectivity index (χ0) is 13.8. The number of nitrogens with zero attached hydrogens (tertiary/aromatic N) is 1. The van der Waals surface area contributed by atoms with Gasteiger partial charge in [0.2, 0.25) is 0 Å². The van der Waals surface area contributed by atoms with Crippen LogP contribution in [0.5, 0.6) is 0 Å². The summed E-state index contributed by atoms with van der Waals surface area (Å²) in [4.78, 5) is 1.39. The van der Waals surface area contributed by atoms with Crippen molar-refractivity contribution < 1.29 is 13.2 Å². The molecule has 6 heteroatoms. The van der Waals surface area contributed by atoms with Gasteiger partial charge in [0.25, 0.3) is 0 Å². The van der Waals surface area contributed by atoms with E-state index in [4.69, 9.17) is 5.73 Å². The Hall–Kier alpha value is -0.360. The van der Waals surface area contributed by atoms with E-state index in [-0.39, 0.29) is 6.54 Å². The number of piperidine rings is 1. The van der Waals surface area contributed by atoms with Crippen LogP contribution in [-0.4, -0.2) is 35.7 Å². The van der Waals surface area contributed by atoms with Crippen LogP contribution in [0.2, 0.25) is 0 Å². The van der Waals surface area contributed by atoms with Crippen LogP contribution in [0.4, 0.5) is 13.2 Å². The van der Waals surface area contributed by atoms with Crippen LogP contribution < -0.4 is 5.73 Å². The van der Waals surface area contributed by atoms with Crippen molar-refractivity contribution in [3.63, 3.8) is 0 Å². The summed E-state index contributed by atoms with van der Waals surface area (Å²) in [6.07, 6.45) is -0.0494. The highest BCUT2D eigenvalue weighted by atomic mass is 32.1. The fourth-order valence-corrected chi connectivity index (χ4v) is 2.69. The van der Waals surface area contributed by atoms with Crippen molar-refractivity contribution >= 4 is 17.2 Å². The molecule has 0 aromatic heterocycles. The molecular weight excluding hydrogens is 261 g/mol. The van der Waals surface area contributed by atoms with Gasteiger partial charge in [0, 0.05) is 6.54 Å². The number of nitrogens with two attached hydrogens (primary N) is 1. The lowest BCUT2D eigenvalue weighted by Gasteiger charge is -2.34. The van der Waals surface area contributed by atoms with Gasteiger partial charge in [-0.1, -0.05) is 32.0 Å². The average Bonchev–Trinajstić information content (AvgIpc) is 2.26. The summed E-state index contributed by atoms with van der Waals surface area (Å²) in [7, 11) is 0. The van der Waals surface area contributed by atoms with Gasteiger partial charge >= 0.3 is 6.18 Å². The molecule has 0 aromatic rings. The van der Waals surface area contributed by atoms with Crippen molar-refractivity contribution in [1.29, 1.82) is 0 Å². The minimum Gasteiger partial charge on any atom is -0.393 e. The molecule has 1 saturated heterocycles. The predicted octanol–water partition coefficient (Wildman–Crippen LogP) is 2.96. The van der Waals surface area contributed by atoms with Crippen molar-refractivity contribution in [3.05, 3.63) is 0 Å². The van der Waals surface area contributed by atoms with E-state index in [1.807, 2.05) is 4.90 Å². The Bertz CT molecular complexity index is 273. The van der Waals surface area contributed by atoms with Crippen LogP contribution in [0.3, 0.4) is 0 Å². The van der Waals surface area contributed by atoms with Crippen LogP contribution in [0.1, 0.15) is 32.6 Å². The molecule has 1 aliphatic rings. The first-order valence-corrected chi connectivity index (χ1v) is 6.83. The van der Waals surface area contributed by atoms with Crippen LogP contribution in [0.15, 0.2) is 0 Å². The monoisotopic (exact) mass is 282 g/mol. The average molecular weight is 282 g/mol. The lowest BCUT2D eigenvalue weighted by atomic mass is 9.92. The summed E-state index contributed by atoms with van der Waals surface area (Å²) in [5.74, 6) is -1.00. The van der Waals surface area contributed by atoms with E-state index in [2.05, 4.69) is 19.1 Å². The molecule has 0 bridgehead atoms. The smallest absolute Gasteiger partial charge is 0.393 e. The third-order valence-corrected chi connectivity index (χ3v) is 3.87. The molecule has 1 aliphatic heterocycles. The van der Waals surface area contributed by atoms with Gasteiger partial charge in [-0.15, -0.1) is 0 Å². The summed E-state index contributed by atoms with van der Waals surface area (Å²) in [5, 5.41) is 0. The lowest BCUT2D eigenvalue weighted by Crippen LogP contribution is -2.45. The molecule has 18 heavy (non-hydrogen) atoms. The second-order valence-corrected chi connectivity index (χ2v) is 5.50. The number of likely N-dealkylation sites (tertiary alicyclic amines) is 1. The topological polar surface area (TPSA) is 29.3 Å². The molecule has 1 atom stereocenters. The van der Waals surface area contributed by atoms with Gasteiger partial charge in [0.15, 0.2) is 0 Å². The predicted molar refractivity (Wildman–Crippen MR) is 70.4 cm³/mol. The zero-order valence-electron chi connectivity index (χ0n) is 10.7. The standard InChI is InChI=1S/C12H21F3N2S/c1-2-3-9-4-6-17(7-5-9)8-10(11(16)18)12(13,14)15/h9-10H,2-8H2,1H3,(H2,16,18). The molecule has 2 N–H and O–H groups in total. The van der Waals surface area contributed by atoms with Gasteiger partial charge in [-0.3, -0.25) is 0 Å². The molecule has 1 unspecified atom stereocenters. The number of rotatable bonds is 5. The molecule has 2 nitrogen and oxygen atoms in total. The van der Waals surface area contributed by atoms with Crippen LogP contribution in [-0.2, 0) is 0 Å². The minimum absolute atomic E-state index is 0.0856. The number of hydrogen-bond acceptors (Lipinski definition) is 2. The second kappa shape index (κ2) is 6.70. The third-order valence-electron chi connectivity index (χ3n) is 3.58. The third kappa shape index (κ3) is 4.72. The van der Waals surface area contributed by atoms with E-state index in [0.29, 0.717) is 5.92 Å². The van der Waals surface area contributed by atoms with Crippen molar-refractivity contribution in [2.75, 3.05) is 19.6 Å². The van der Waals surface area contributed by atoms with E-state index < -0.39 is 17.1 Å². The number of alkyl halides is 3. The van der Waals surface area contributed by atoms with Crippen molar-refractivity contribution in [2.45, 2.75) is 38.8 Å². The molecule has 0 aliphatic carbocycles. The molecule has 0 aromatic carbocycles. The van der Waals surface area contributed by atoms with E-state index in [1.54, 1.807) is 0 Å². The highest BCUT2D eigenvalue weighted by Gasteiger charge is 2.42. The summed E-state index contributed by atoms with van der Waals surface area (Å²) < 4.78 is 38.2. The fraction of sp³-hybridized carbons (Fsp3) is 0.917. The zero-order valence-corrected chi connectivity index (χ0v) is 11.5. The van der Waals surface area contributed by atoms with Gasteiger partial charge in [0.1, 0.15) is 5.92 Å². The summed E-state index contributed by atoms with van der Waals surface area (Å²) >= 11 is 4.53. The van der Waals surface area contributed by atoms with Gasteiger partial charge in [0.05, 0.1) is 4.99 Å². The van der Waals surface area contributed by atoms with Crippen molar-refractivity contribution in [1.82, 2.24) is 4.90 Å². The molecular formula is C12H21F3N2S. The van der Waals surface area contributed by atoms with Crippen molar-refractivity contribution in [2.24, 2.45) is 17.6 Å². The molecule has 1 heterocycles. The highest BCUT2D eigenvalue weighted by molar-refractivity contribution is 7.80. The molecule has 0 amide bonds. The Labute approximate surface area is 112 Å². The maximum absolute atomic E-state index is 12.7. The maximum atomic E-state index is 12.7. The Morgan fingerprint density at radius 3 is 2.33 bits per heavy atom. The Kier molecular flexibility index (Phi) is 5.85. The van der Waals surface area contributed by atoms with Crippen molar-refractivity contribution in [3.8, 4) is 0 Å². The summed E-state index contributed by atoms with van der Waals surface area (Å²) in [6, 6.07) is 0. The SMILES string of the molecule is CCCC1CCN(CC(C(N)=S)C(F)(F)F)CC1. The Morgan fingerprint density at radius 2 is 1.94 bits per heavy atom.